The maximum absolute atomic E-state index is 6.34. The average molecular weight is 391 g/mol. The number of hydrogen-bond acceptors (Lipinski definition) is 1. The SMILES string of the molecule is Cc1ccc(Cl)c(CNC(C)CCc2ccc(Cl)c(Cl)c2)c1Cl. The summed E-state index contributed by atoms with van der Waals surface area (Å²) < 4.78 is 0. The highest BCUT2D eigenvalue weighted by molar-refractivity contribution is 6.42. The summed E-state index contributed by atoms with van der Waals surface area (Å²) in [4.78, 5) is 0. The smallest absolute Gasteiger partial charge is 0.0595 e. The lowest BCUT2D eigenvalue weighted by Crippen LogP contribution is -2.26. The van der Waals surface area contributed by atoms with Crippen molar-refractivity contribution in [3.05, 3.63) is 67.1 Å². The van der Waals surface area contributed by atoms with Crippen LogP contribution in [-0.4, -0.2) is 6.04 Å². The number of hydrogen-bond donors (Lipinski definition) is 1. The Bertz CT molecular complexity index is 685. The first-order valence-corrected chi connectivity index (χ1v) is 9.00. The highest BCUT2D eigenvalue weighted by atomic mass is 35.5. The van der Waals surface area contributed by atoms with E-state index < -0.39 is 0 Å². The van der Waals surface area contributed by atoms with Gasteiger partial charge in [-0.05, 0) is 56.0 Å². The van der Waals surface area contributed by atoms with Crippen molar-refractivity contribution in [1.29, 1.82) is 0 Å². The molecule has 1 N–H and O–H groups in total. The van der Waals surface area contributed by atoms with Crippen molar-refractivity contribution in [2.75, 3.05) is 0 Å². The number of halogens is 4. The van der Waals surface area contributed by atoms with Gasteiger partial charge in [-0.1, -0.05) is 58.5 Å². The second-order valence-electron chi connectivity index (χ2n) is 5.73. The predicted octanol–water partition coefficient (Wildman–Crippen LogP) is 6.72. The first-order chi connectivity index (χ1) is 10.9. The zero-order valence-corrected chi connectivity index (χ0v) is 16.1. The van der Waals surface area contributed by atoms with E-state index in [1.165, 1.54) is 5.56 Å². The second kappa shape index (κ2) is 8.60. The molecule has 1 unspecified atom stereocenters. The van der Waals surface area contributed by atoms with Crippen molar-refractivity contribution in [1.82, 2.24) is 5.32 Å². The van der Waals surface area contributed by atoms with Crippen LogP contribution in [0.1, 0.15) is 30.0 Å². The lowest BCUT2D eigenvalue weighted by Gasteiger charge is -2.16. The monoisotopic (exact) mass is 389 g/mol. The molecule has 0 aromatic heterocycles. The molecule has 1 atom stereocenters. The van der Waals surface area contributed by atoms with Gasteiger partial charge in [-0.3, -0.25) is 0 Å². The number of benzene rings is 2. The Kier molecular flexibility index (Phi) is 7.06. The summed E-state index contributed by atoms with van der Waals surface area (Å²) in [5.41, 5.74) is 3.17. The summed E-state index contributed by atoms with van der Waals surface area (Å²) >= 11 is 24.6. The van der Waals surface area contributed by atoms with Crippen molar-refractivity contribution in [3.8, 4) is 0 Å². The predicted molar refractivity (Wildman–Crippen MR) is 102 cm³/mol. The molecule has 0 heterocycles. The molecule has 0 spiro atoms. The normalized spacial score (nSPS) is 12.4. The molecule has 2 aromatic rings. The molecule has 23 heavy (non-hydrogen) atoms. The third-order valence-corrected chi connectivity index (χ3v) is 5.48. The largest absolute Gasteiger partial charge is 0.310 e. The quantitative estimate of drug-likeness (QED) is 0.577. The van der Waals surface area contributed by atoms with Gasteiger partial charge in [0.25, 0.3) is 0 Å². The van der Waals surface area contributed by atoms with E-state index in [0.29, 0.717) is 27.7 Å². The third-order valence-electron chi connectivity index (χ3n) is 3.86. The maximum atomic E-state index is 6.34. The molecule has 0 saturated carbocycles. The van der Waals surface area contributed by atoms with Gasteiger partial charge < -0.3 is 5.32 Å². The highest BCUT2D eigenvalue weighted by Gasteiger charge is 2.10. The third kappa shape index (κ3) is 5.27. The van der Waals surface area contributed by atoms with Gasteiger partial charge in [-0.15, -0.1) is 0 Å². The summed E-state index contributed by atoms with van der Waals surface area (Å²) in [6, 6.07) is 9.92. The summed E-state index contributed by atoms with van der Waals surface area (Å²) in [5, 5.41) is 6.10. The van der Waals surface area contributed by atoms with E-state index in [-0.39, 0.29) is 0 Å². The Hall–Kier alpha value is -0.440. The summed E-state index contributed by atoms with van der Waals surface area (Å²) in [7, 11) is 0. The Morgan fingerprint density at radius 1 is 0.957 bits per heavy atom. The molecule has 0 saturated heterocycles. The average Bonchev–Trinajstić information content (AvgIpc) is 2.52. The molecule has 0 aliphatic heterocycles. The van der Waals surface area contributed by atoms with Gasteiger partial charge in [0, 0.05) is 28.2 Å². The fraction of sp³-hybridized carbons (Fsp3) is 0.333. The highest BCUT2D eigenvalue weighted by Crippen LogP contribution is 2.28. The van der Waals surface area contributed by atoms with Gasteiger partial charge in [0.1, 0.15) is 0 Å². The van der Waals surface area contributed by atoms with Gasteiger partial charge in [0.15, 0.2) is 0 Å². The van der Waals surface area contributed by atoms with Crippen LogP contribution in [0, 0.1) is 6.92 Å². The van der Waals surface area contributed by atoms with E-state index in [2.05, 4.69) is 12.2 Å². The lowest BCUT2D eigenvalue weighted by molar-refractivity contribution is 0.514. The molecule has 2 rings (SSSR count). The fourth-order valence-corrected chi connectivity index (χ4v) is 3.16. The molecule has 0 radical (unpaired) electrons. The molecule has 0 amide bonds. The minimum absolute atomic E-state index is 0.331. The van der Waals surface area contributed by atoms with E-state index >= 15 is 0 Å². The zero-order chi connectivity index (χ0) is 17.0. The lowest BCUT2D eigenvalue weighted by atomic mass is 10.1. The van der Waals surface area contributed by atoms with Gasteiger partial charge in [0.05, 0.1) is 10.0 Å². The van der Waals surface area contributed by atoms with Crippen LogP contribution in [0.25, 0.3) is 0 Å². The second-order valence-corrected chi connectivity index (χ2v) is 7.33. The van der Waals surface area contributed by atoms with Crippen LogP contribution >= 0.6 is 46.4 Å². The van der Waals surface area contributed by atoms with Crippen LogP contribution in [0.3, 0.4) is 0 Å². The van der Waals surface area contributed by atoms with Crippen LogP contribution in [0.4, 0.5) is 0 Å². The molecule has 2 aromatic carbocycles. The van der Waals surface area contributed by atoms with E-state index in [0.717, 1.165) is 29.0 Å². The topological polar surface area (TPSA) is 12.0 Å². The standard InChI is InChI=1S/C18H19Cl4N/c1-11-3-7-15(19)14(18(11)22)10-23-12(2)4-5-13-6-8-16(20)17(21)9-13/h3,6-9,12,23H,4-5,10H2,1-2H3. The molecule has 0 aliphatic carbocycles. The van der Waals surface area contributed by atoms with Crippen LogP contribution in [0.2, 0.25) is 20.1 Å². The number of aryl methyl sites for hydroxylation is 2. The minimum Gasteiger partial charge on any atom is -0.310 e. The van der Waals surface area contributed by atoms with E-state index in [4.69, 9.17) is 46.4 Å². The molecule has 5 heteroatoms. The van der Waals surface area contributed by atoms with Crippen molar-refractivity contribution in [3.63, 3.8) is 0 Å². The van der Waals surface area contributed by atoms with Crippen LogP contribution in [0.15, 0.2) is 30.3 Å². The Morgan fingerprint density at radius 3 is 2.35 bits per heavy atom. The summed E-state index contributed by atoms with van der Waals surface area (Å²) in [6.45, 7) is 4.78. The van der Waals surface area contributed by atoms with E-state index in [1.54, 1.807) is 0 Å². The number of nitrogens with one attached hydrogen (secondary N) is 1. The Labute approximate surface area is 157 Å². The van der Waals surface area contributed by atoms with Crippen LogP contribution in [0.5, 0.6) is 0 Å². The van der Waals surface area contributed by atoms with E-state index in [9.17, 15) is 0 Å². The minimum atomic E-state index is 0.331. The zero-order valence-electron chi connectivity index (χ0n) is 13.1. The van der Waals surface area contributed by atoms with Gasteiger partial charge in [-0.25, -0.2) is 0 Å². The fourth-order valence-electron chi connectivity index (χ4n) is 2.33. The molecular weight excluding hydrogens is 372 g/mol. The van der Waals surface area contributed by atoms with Gasteiger partial charge in [0.2, 0.25) is 0 Å². The first kappa shape index (κ1) is 18.9. The maximum Gasteiger partial charge on any atom is 0.0595 e. The van der Waals surface area contributed by atoms with E-state index in [1.807, 2.05) is 37.3 Å². The molecule has 0 aliphatic rings. The van der Waals surface area contributed by atoms with Crippen molar-refractivity contribution in [2.24, 2.45) is 0 Å². The molecule has 0 bridgehead atoms. The summed E-state index contributed by atoms with van der Waals surface area (Å²) in [6.07, 6.45) is 1.92. The van der Waals surface area contributed by atoms with Gasteiger partial charge >= 0.3 is 0 Å². The summed E-state index contributed by atoms with van der Waals surface area (Å²) in [5.74, 6) is 0. The van der Waals surface area contributed by atoms with Crippen molar-refractivity contribution in [2.45, 2.75) is 39.3 Å². The van der Waals surface area contributed by atoms with Gasteiger partial charge in [-0.2, -0.15) is 0 Å². The molecule has 0 fully saturated rings. The van der Waals surface area contributed by atoms with Crippen LogP contribution < -0.4 is 5.32 Å². The van der Waals surface area contributed by atoms with Crippen molar-refractivity contribution >= 4 is 46.4 Å². The van der Waals surface area contributed by atoms with Crippen molar-refractivity contribution < 1.29 is 0 Å². The molecule has 124 valence electrons. The Morgan fingerprint density at radius 2 is 1.65 bits per heavy atom. The first-order valence-electron chi connectivity index (χ1n) is 7.49. The Balaban J connectivity index is 1.89. The number of rotatable bonds is 6. The molecule has 1 nitrogen and oxygen atoms in total. The van der Waals surface area contributed by atoms with Crippen LogP contribution in [-0.2, 0) is 13.0 Å². The molecular formula is C18H19Cl4N.